The van der Waals surface area contributed by atoms with Crippen LogP contribution in [-0.2, 0) is 0 Å². The van der Waals surface area contributed by atoms with Crippen LogP contribution in [0.3, 0.4) is 0 Å². The highest BCUT2D eigenvalue weighted by Gasteiger charge is 2.22. The number of rotatable bonds is 4. The lowest BCUT2D eigenvalue weighted by Gasteiger charge is -2.22. The Balaban J connectivity index is 1.44. The summed E-state index contributed by atoms with van der Waals surface area (Å²) in [6.45, 7) is 0. The van der Waals surface area contributed by atoms with E-state index >= 15 is 0 Å². The van der Waals surface area contributed by atoms with E-state index in [1.54, 1.807) is 0 Å². The number of fused-ring (bicyclic) bond motifs is 6. The molecule has 0 saturated heterocycles. The summed E-state index contributed by atoms with van der Waals surface area (Å²) in [6.07, 6.45) is 0. The predicted molar refractivity (Wildman–Crippen MR) is 168 cm³/mol. The van der Waals surface area contributed by atoms with Crippen LogP contribution in [0.25, 0.3) is 49.3 Å². The Morgan fingerprint density at radius 3 is 1.36 bits per heavy atom. The highest BCUT2D eigenvalue weighted by molar-refractivity contribution is 7.72. The normalized spacial score (nSPS) is 11.8. The molecule has 0 radical (unpaired) electrons. The largest absolute Gasteiger partial charge is 0.310 e. The molecule has 0 aliphatic heterocycles. The van der Waals surface area contributed by atoms with Crippen molar-refractivity contribution in [1.29, 1.82) is 0 Å². The molecular formula is C36H25N2P. The molecule has 8 aromatic rings. The molecule has 39 heavy (non-hydrogen) atoms. The molecule has 0 atom stereocenters. The lowest BCUT2D eigenvalue weighted by Crippen LogP contribution is -2.16. The van der Waals surface area contributed by atoms with Crippen LogP contribution in [0, 0.1) is 0 Å². The van der Waals surface area contributed by atoms with Crippen LogP contribution in [0.4, 0.5) is 0 Å². The average Bonchev–Trinajstić information content (AvgIpc) is 3.51. The molecule has 8 rings (SSSR count). The van der Waals surface area contributed by atoms with Gasteiger partial charge in [0.05, 0.1) is 30.1 Å². The summed E-state index contributed by atoms with van der Waals surface area (Å²) in [7, 11) is -0.810. The number of benzene rings is 6. The Labute approximate surface area is 228 Å². The monoisotopic (exact) mass is 516 g/mol. The molecule has 0 N–H and O–H groups in total. The summed E-state index contributed by atoms with van der Waals surface area (Å²) in [4.78, 5) is 0. The van der Waals surface area contributed by atoms with Gasteiger partial charge in [0.15, 0.2) is 0 Å². The van der Waals surface area contributed by atoms with Crippen LogP contribution in [0.5, 0.6) is 0 Å². The van der Waals surface area contributed by atoms with Gasteiger partial charge in [-0.05, 0) is 36.4 Å². The van der Waals surface area contributed by atoms with Crippen molar-refractivity contribution in [1.82, 2.24) is 8.90 Å². The van der Waals surface area contributed by atoms with Gasteiger partial charge < -0.3 is 8.90 Å². The van der Waals surface area contributed by atoms with Gasteiger partial charge in [-0.3, -0.25) is 0 Å². The minimum absolute atomic E-state index is 0.810. The third-order valence-electron chi connectivity index (χ3n) is 7.67. The second kappa shape index (κ2) is 8.98. The molecule has 2 heterocycles. The zero-order chi connectivity index (χ0) is 25.8. The van der Waals surface area contributed by atoms with Gasteiger partial charge in [0.1, 0.15) is 0 Å². The maximum atomic E-state index is 2.58. The maximum Gasteiger partial charge on any atom is 0.0598 e. The molecule has 2 aromatic heterocycles. The van der Waals surface area contributed by atoms with E-state index in [9.17, 15) is 0 Å². The molecule has 0 aliphatic carbocycles. The van der Waals surface area contributed by atoms with Crippen LogP contribution in [0.15, 0.2) is 152 Å². The van der Waals surface area contributed by atoms with E-state index < -0.39 is 8.07 Å². The third kappa shape index (κ3) is 3.46. The van der Waals surface area contributed by atoms with Crippen LogP contribution < -0.4 is 10.6 Å². The van der Waals surface area contributed by atoms with E-state index in [4.69, 9.17) is 0 Å². The maximum absolute atomic E-state index is 2.58. The van der Waals surface area contributed by atoms with E-state index in [-0.39, 0.29) is 0 Å². The van der Waals surface area contributed by atoms with Gasteiger partial charge in [0.25, 0.3) is 0 Å². The Morgan fingerprint density at radius 1 is 0.359 bits per heavy atom. The van der Waals surface area contributed by atoms with Crippen molar-refractivity contribution in [3.8, 4) is 5.69 Å². The van der Waals surface area contributed by atoms with Crippen molar-refractivity contribution >= 4 is 62.3 Å². The molecule has 0 unspecified atom stereocenters. The zero-order valence-corrected chi connectivity index (χ0v) is 22.2. The minimum atomic E-state index is -0.810. The first kappa shape index (κ1) is 22.3. The molecule has 184 valence electrons. The number of para-hydroxylation sites is 3. The number of nitrogens with zero attached hydrogens (tertiary/aromatic N) is 2. The van der Waals surface area contributed by atoms with E-state index in [0.29, 0.717) is 0 Å². The van der Waals surface area contributed by atoms with Gasteiger partial charge in [-0.1, -0.05) is 115 Å². The second-order valence-corrected chi connectivity index (χ2v) is 11.9. The highest BCUT2D eigenvalue weighted by Crippen LogP contribution is 2.45. The first-order valence-electron chi connectivity index (χ1n) is 13.3. The fourth-order valence-electron chi connectivity index (χ4n) is 6.01. The third-order valence-corrected chi connectivity index (χ3v) is 10.1. The molecular weight excluding hydrogens is 491 g/mol. The molecule has 6 aromatic carbocycles. The lowest BCUT2D eigenvalue weighted by molar-refractivity contribution is 1.18. The van der Waals surface area contributed by atoms with Gasteiger partial charge in [-0.25, -0.2) is 0 Å². The summed E-state index contributed by atoms with van der Waals surface area (Å²) in [5.74, 6) is 0. The first-order valence-corrected chi connectivity index (χ1v) is 14.6. The Morgan fingerprint density at radius 2 is 0.795 bits per heavy atom. The SMILES string of the molecule is c1ccc(P(c2ccccc2)n2c3ccccc3c3cc(-n4c5ccccc5c5ccccc54)ccc32)cc1. The molecule has 2 nitrogen and oxygen atoms in total. The fraction of sp³-hybridized carbons (Fsp3) is 0. The van der Waals surface area contributed by atoms with E-state index in [0.717, 1.165) is 0 Å². The molecule has 0 amide bonds. The Bertz CT molecular complexity index is 2030. The fourth-order valence-corrected chi connectivity index (χ4v) is 8.46. The van der Waals surface area contributed by atoms with Crippen LogP contribution in [0.1, 0.15) is 0 Å². The number of hydrogen-bond donors (Lipinski definition) is 0. The van der Waals surface area contributed by atoms with Gasteiger partial charge in [0, 0.05) is 37.8 Å². The zero-order valence-electron chi connectivity index (χ0n) is 21.3. The summed E-state index contributed by atoms with van der Waals surface area (Å²) in [5.41, 5.74) is 6.19. The van der Waals surface area contributed by atoms with Crippen molar-refractivity contribution < 1.29 is 0 Å². The van der Waals surface area contributed by atoms with Crippen LogP contribution in [0.2, 0.25) is 0 Å². The van der Waals surface area contributed by atoms with Crippen molar-refractivity contribution in [3.63, 3.8) is 0 Å². The van der Waals surface area contributed by atoms with Crippen molar-refractivity contribution in [2.45, 2.75) is 0 Å². The molecule has 0 aliphatic rings. The van der Waals surface area contributed by atoms with E-state index in [1.807, 2.05) is 0 Å². The van der Waals surface area contributed by atoms with Gasteiger partial charge in [-0.2, -0.15) is 0 Å². The summed E-state index contributed by atoms with van der Waals surface area (Å²) in [5, 5.41) is 7.82. The quantitative estimate of drug-likeness (QED) is 0.207. The Hall–Kier alpha value is -4.65. The Kier molecular flexibility index (Phi) is 5.14. The van der Waals surface area contributed by atoms with Crippen molar-refractivity contribution in [2.75, 3.05) is 0 Å². The molecule has 0 fully saturated rings. The smallest absolute Gasteiger partial charge is 0.0598 e. The first-order chi connectivity index (χ1) is 19.4. The number of hydrogen-bond acceptors (Lipinski definition) is 0. The van der Waals surface area contributed by atoms with Crippen LogP contribution in [-0.4, -0.2) is 8.90 Å². The summed E-state index contributed by atoms with van der Waals surface area (Å²) >= 11 is 0. The predicted octanol–water partition coefficient (Wildman–Crippen LogP) is 8.79. The molecule has 3 heteroatoms. The topological polar surface area (TPSA) is 9.86 Å². The van der Waals surface area contributed by atoms with Gasteiger partial charge in [-0.15, -0.1) is 0 Å². The standard InChI is InChI=1S/C36H25N2P/c1-3-13-27(14-4-1)39(28-15-5-2-6-16-28)38-35-22-12-9-19-31(35)32-25-26(23-24-36(32)38)37-33-20-10-7-17-29(33)30-18-8-11-21-34(30)37/h1-25H. The highest BCUT2D eigenvalue weighted by atomic mass is 31.1. The van der Waals surface area contributed by atoms with Crippen molar-refractivity contribution in [3.05, 3.63) is 152 Å². The minimum Gasteiger partial charge on any atom is -0.310 e. The van der Waals surface area contributed by atoms with E-state index in [2.05, 4.69) is 161 Å². The van der Waals surface area contributed by atoms with Gasteiger partial charge in [0.2, 0.25) is 0 Å². The van der Waals surface area contributed by atoms with Crippen LogP contribution >= 0.6 is 8.07 Å². The average molecular weight is 517 g/mol. The lowest BCUT2D eigenvalue weighted by atomic mass is 10.1. The van der Waals surface area contributed by atoms with Crippen molar-refractivity contribution in [2.24, 2.45) is 0 Å². The number of aromatic nitrogens is 2. The van der Waals surface area contributed by atoms with E-state index in [1.165, 1.54) is 59.9 Å². The molecule has 0 spiro atoms. The molecule has 0 bridgehead atoms. The molecule has 0 saturated carbocycles. The summed E-state index contributed by atoms with van der Waals surface area (Å²) in [6, 6.07) is 55.2. The second-order valence-electron chi connectivity index (χ2n) is 9.88. The van der Waals surface area contributed by atoms with Gasteiger partial charge >= 0.3 is 0 Å². The summed E-state index contributed by atoms with van der Waals surface area (Å²) < 4.78 is 4.99.